The minimum Gasteiger partial charge on any atom is -0.341 e. The van der Waals surface area contributed by atoms with Crippen molar-refractivity contribution < 1.29 is 4.79 Å². The standard InChI is InChI=1S/C9H18N2O/c1-9(2,10)7-11-6-4-3-5-8(11)12/h3-7,10H2,1-2H3. The summed E-state index contributed by atoms with van der Waals surface area (Å²) in [6.45, 7) is 5.48. The zero-order valence-corrected chi connectivity index (χ0v) is 7.97. The van der Waals surface area contributed by atoms with Crippen LogP contribution in [0.15, 0.2) is 0 Å². The van der Waals surface area contributed by atoms with Crippen molar-refractivity contribution in [2.24, 2.45) is 5.73 Å². The van der Waals surface area contributed by atoms with Crippen LogP contribution in [0.25, 0.3) is 0 Å². The number of nitrogens with zero attached hydrogens (tertiary/aromatic N) is 1. The summed E-state index contributed by atoms with van der Waals surface area (Å²) in [6, 6.07) is 0. The van der Waals surface area contributed by atoms with Crippen LogP contribution >= 0.6 is 0 Å². The highest BCUT2D eigenvalue weighted by atomic mass is 16.2. The van der Waals surface area contributed by atoms with Crippen LogP contribution in [0, 0.1) is 0 Å². The molecule has 3 nitrogen and oxygen atoms in total. The van der Waals surface area contributed by atoms with Crippen molar-refractivity contribution in [2.45, 2.75) is 38.6 Å². The number of hydrogen-bond acceptors (Lipinski definition) is 2. The van der Waals surface area contributed by atoms with Crippen molar-refractivity contribution >= 4 is 5.91 Å². The molecule has 0 aromatic heterocycles. The lowest BCUT2D eigenvalue weighted by Crippen LogP contribution is -2.49. The van der Waals surface area contributed by atoms with Gasteiger partial charge in [0.2, 0.25) is 5.91 Å². The van der Waals surface area contributed by atoms with Gasteiger partial charge in [-0.2, -0.15) is 0 Å². The van der Waals surface area contributed by atoms with Gasteiger partial charge in [-0.15, -0.1) is 0 Å². The Hall–Kier alpha value is -0.570. The molecule has 1 saturated heterocycles. The van der Waals surface area contributed by atoms with Gasteiger partial charge in [0.15, 0.2) is 0 Å². The van der Waals surface area contributed by atoms with E-state index in [-0.39, 0.29) is 11.4 Å². The first-order chi connectivity index (χ1) is 5.49. The minimum absolute atomic E-state index is 0.257. The molecule has 1 rings (SSSR count). The number of nitrogens with two attached hydrogens (primary N) is 1. The van der Waals surface area contributed by atoms with Gasteiger partial charge in [-0.1, -0.05) is 0 Å². The molecule has 1 aliphatic rings. The Bertz CT molecular complexity index is 172. The van der Waals surface area contributed by atoms with Crippen LogP contribution in [-0.2, 0) is 4.79 Å². The Morgan fingerprint density at radius 1 is 1.50 bits per heavy atom. The fourth-order valence-corrected chi connectivity index (χ4v) is 1.52. The second kappa shape index (κ2) is 3.44. The molecule has 1 aliphatic heterocycles. The Balaban J connectivity index is 2.45. The lowest BCUT2D eigenvalue weighted by Gasteiger charge is -2.32. The minimum atomic E-state index is -0.257. The fraction of sp³-hybridized carbons (Fsp3) is 0.889. The smallest absolute Gasteiger partial charge is 0.222 e. The highest BCUT2D eigenvalue weighted by molar-refractivity contribution is 5.76. The van der Waals surface area contributed by atoms with Gasteiger partial charge in [-0.25, -0.2) is 0 Å². The summed E-state index contributed by atoms with van der Waals surface area (Å²) >= 11 is 0. The molecule has 0 atom stereocenters. The van der Waals surface area contributed by atoms with Gasteiger partial charge in [0.25, 0.3) is 0 Å². The summed E-state index contributed by atoms with van der Waals surface area (Å²) < 4.78 is 0. The molecular formula is C9H18N2O. The van der Waals surface area contributed by atoms with Crippen molar-refractivity contribution in [3.8, 4) is 0 Å². The normalized spacial score (nSPS) is 19.9. The molecule has 0 spiro atoms. The van der Waals surface area contributed by atoms with E-state index in [2.05, 4.69) is 0 Å². The monoisotopic (exact) mass is 170 g/mol. The summed E-state index contributed by atoms with van der Waals surface area (Å²) in [7, 11) is 0. The molecule has 70 valence electrons. The van der Waals surface area contributed by atoms with Crippen molar-refractivity contribution in [1.29, 1.82) is 0 Å². The largest absolute Gasteiger partial charge is 0.341 e. The van der Waals surface area contributed by atoms with Gasteiger partial charge in [0.1, 0.15) is 0 Å². The van der Waals surface area contributed by atoms with E-state index < -0.39 is 0 Å². The van der Waals surface area contributed by atoms with Crippen LogP contribution in [0.1, 0.15) is 33.1 Å². The highest BCUT2D eigenvalue weighted by Crippen LogP contribution is 2.12. The summed E-state index contributed by atoms with van der Waals surface area (Å²) in [5.41, 5.74) is 5.58. The molecule has 1 amide bonds. The first kappa shape index (κ1) is 9.52. The van der Waals surface area contributed by atoms with Crippen LogP contribution in [0.3, 0.4) is 0 Å². The van der Waals surface area contributed by atoms with E-state index in [1.54, 1.807) is 0 Å². The highest BCUT2D eigenvalue weighted by Gasteiger charge is 2.23. The first-order valence-corrected chi connectivity index (χ1v) is 4.56. The topological polar surface area (TPSA) is 46.3 Å². The maximum atomic E-state index is 11.3. The van der Waals surface area contributed by atoms with Gasteiger partial charge in [-0.3, -0.25) is 4.79 Å². The van der Waals surface area contributed by atoms with E-state index >= 15 is 0 Å². The summed E-state index contributed by atoms with van der Waals surface area (Å²) in [4.78, 5) is 13.2. The number of rotatable bonds is 2. The maximum Gasteiger partial charge on any atom is 0.222 e. The molecule has 12 heavy (non-hydrogen) atoms. The van der Waals surface area contributed by atoms with Crippen LogP contribution in [0.2, 0.25) is 0 Å². The Kier molecular flexibility index (Phi) is 2.73. The predicted molar refractivity (Wildman–Crippen MR) is 48.7 cm³/mol. The van der Waals surface area contributed by atoms with E-state index in [4.69, 9.17) is 5.73 Å². The van der Waals surface area contributed by atoms with Crippen LogP contribution in [0.5, 0.6) is 0 Å². The van der Waals surface area contributed by atoms with Gasteiger partial charge in [0, 0.05) is 25.0 Å². The lowest BCUT2D eigenvalue weighted by atomic mass is 10.0. The van der Waals surface area contributed by atoms with Gasteiger partial charge >= 0.3 is 0 Å². The molecular weight excluding hydrogens is 152 g/mol. The molecule has 0 bridgehead atoms. The maximum absolute atomic E-state index is 11.3. The first-order valence-electron chi connectivity index (χ1n) is 4.56. The number of carbonyl (C=O) groups is 1. The average Bonchev–Trinajstić information content (AvgIpc) is 1.91. The van der Waals surface area contributed by atoms with E-state index in [9.17, 15) is 4.79 Å². The fourth-order valence-electron chi connectivity index (χ4n) is 1.52. The van der Waals surface area contributed by atoms with Crippen LogP contribution in [0.4, 0.5) is 0 Å². The number of hydrogen-bond donors (Lipinski definition) is 1. The SMILES string of the molecule is CC(C)(N)CN1CCCCC1=O. The van der Waals surface area contributed by atoms with Crippen molar-refractivity contribution in [3.05, 3.63) is 0 Å². The summed E-state index contributed by atoms with van der Waals surface area (Å²) in [5.74, 6) is 0.264. The van der Waals surface area contributed by atoms with E-state index in [0.717, 1.165) is 19.4 Å². The third-order valence-electron chi connectivity index (χ3n) is 2.02. The third-order valence-corrected chi connectivity index (χ3v) is 2.02. The van der Waals surface area contributed by atoms with Crippen molar-refractivity contribution in [3.63, 3.8) is 0 Å². The zero-order valence-electron chi connectivity index (χ0n) is 7.97. The quantitative estimate of drug-likeness (QED) is 0.664. The van der Waals surface area contributed by atoms with Crippen molar-refractivity contribution in [1.82, 2.24) is 4.90 Å². The van der Waals surface area contributed by atoms with E-state index in [0.29, 0.717) is 13.0 Å². The third kappa shape index (κ3) is 2.81. The Labute approximate surface area is 73.9 Å². The molecule has 0 saturated carbocycles. The Morgan fingerprint density at radius 2 is 2.17 bits per heavy atom. The molecule has 0 radical (unpaired) electrons. The lowest BCUT2D eigenvalue weighted by molar-refractivity contribution is -0.134. The molecule has 0 aliphatic carbocycles. The summed E-state index contributed by atoms with van der Waals surface area (Å²) in [5, 5.41) is 0. The van der Waals surface area contributed by atoms with E-state index in [1.165, 1.54) is 0 Å². The second-order valence-electron chi connectivity index (χ2n) is 4.26. The number of amides is 1. The Morgan fingerprint density at radius 3 is 2.67 bits per heavy atom. The molecule has 1 heterocycles. The van der Waals surface area contributed by atoms with Crippen molar-refractivity contribution in [2.75, 3.05) is 13.1 Å². The van der Waals surface area contributed by atoms with E-state index in [1.807, 2.05) is 18.7 Å². The zero-order chi connectivity index (χ0) is 9.19. The molecule has 1 fully saturated rings. The van der Waals surface area contributed by atoms with Gasteiger partial charge in [-0.05, 0) is 26.7 Å². The molecule has 0 aromatic rings. The average molecular weight is 170 g/mol. The number of carbonyl (C=O) groups excluding carboxylic acids is 1. The second-order valence-corrected chi connectivity index (χ2v) is 4.26. The molecule has 3 heteroatoms. The predicted octanol–water partition coefficient (Wildman–Crippen LogP) is 0.736. The molecule has 2 N–H and O–H groups in total. The van der Waals surface area contributed by atoms with Gasteiger partial charge in [0.05, 0.1) is 0 Å². The summed E-state index contributed by atoms with van der Waals surface area (Å²) in [6.07, 6.45) is 2.87. The van der Waals surface area contributed by atoms with Gasteiger partial charge < -0.3 is 10.6 Å². The van der Waals surface area contributed by atoms with Crippen LogP contribution in [-0.4, -0.2) is 29.4 Å². The molecule has 0 unspecified atom stereocenters. The number of piperidine rings is 1. The van der Waals surface area contributed by atoms with Crippen LogP contribution < -0.4 is 5.73 Å². The molecule has 0 aromatic carbocycles. The number of likely N-dealkylation sites (tertiary alicyclic amines) is 1.